The van der Waals surface area contributed by atoms with E-state index >= 15 is 0 Å². The number of methoxy groups -OCH3 is 1. The zero-order valence-electron chi connectivity index (χ0n) is 15.3. The molecule has 0 saturated carbocycles. The standard InChI is InChI=1S/C19H23F2N3O2.HI/c1-3-22-19(24-13-14-6-4-5-7-17(14)25-2)23-10-11-26-18-9-8-15(20)12-16(18)21;/h4-9,12H,3,10-11,13H2,1-2H3,(H2,22,23,24);1H. The fraction of sp³-hybridized carbons (Fsp3) is 0.316. The summed E-state index contributed by atoms with van der Waals surface area (Å²) in [5.41, 5.74) is 0.969. The van der Waals surface area contributed by atoms with Gasteiger partial charge in [-0.25, -0.2) is 13.8 Å². The van der Waals surface area contributed by atoms with Crippen LogP contribution in [0.25, 0.3) is 0 Å². The van der Waals surface area contributed by atoms with Crippen molar-refractivity contribution in [2.45, 2.75) is 13.5 Å². The van der Waals surface area contributed by atoms with Crippen LogP contribution in [0.2, 0.25) is 0 Å². The predicted octanol–water partition coefficient (Wildman–Crippen LogP) is 3.73. The predicted molar refractivity (Wildman–Crippen MR) is 113 cm³/mol. The number of hydrogen-bond acceptors (Lipinski definition) is 3. The zero-order chi connectivity index (χ0) is 18.8. The Bertz CT molecular complexity index is 745. The fourth-order valence-electron chi connectivity index (χ4n) is 2.26. The number of nitrogens with zero attached hydrogens (tertiary/aromatic N) is 1. The molecular weight excluding hydrogens is 467 g/mol. The van der Waals surface area contributed by atoms with Crippen molar-refractivity contribution < 1.29 is 18.3 Å². The Hall–Kier alpha value is -2.10. The van der Waals surface area contributed by atoms with Gasteiger partial charge in [0, 0.05) is 18.2 Å². The summed E-state index contributed by atoms with van der Waals surface area (Å²) in [4.78, 5) is 4.50. The normalized spacial score (nSPS) is 10.7. The monoisotopic (exact) mass is 491 g/mol. The number of guanidine groups is 1. The van der Waals surface area contributed by atoms with Crippen LogP contribution in [-0.4, -0.2) is 32.8 Å². The van der Waals surface area contributed by atoms with Crippen molar-refractivity contribution in [1.82, 2.24) is 10.6 Å². The highest BCUT2D eigenvalue weighted by atomic mass is 127. The summed E-state index contributed by atoms with van der Waals surface area (Å²) in [7, 11) is 1.62. The Morgan fingerprint density at radius 1 is 1.07 bits per heavy atom. The average Bonchev–Trinajstić information content (AvgIpc) is 2.64. The highest BCUT2D eigenvalue weighted by Crippen LogP contribution is 2.18. The highest BCUT2D eigenvalue weighted by molar-refractivity contribution is 14.0. The lowest BCUT2D eigenvalue weighted by molar-refractivity contribution is 0.304. The number of ether oxygens (including phenoxy) is 2. The van der Waals surface area contributed by atoms with Crippen molar-refractivity contribution in [3.8, 4) is 11.5 Å². The molecule has 8 heteroatoms. The molecule has 5 nitrogen and oxygen atoms in total. The third kappa shape index (κ3) is 7.58. The van der Waals surface area contributed by atoms with E-state index in [1.165, 1.54) is 6.07 Å². The van der Waals surface area contributed by atoms with Gasteiger partial charge in [0.1, 0.15) is 18.2 Å². The molecule has 0 spiro atoms. The van der Waals surface area contributed by atoms with Gasteiger partial charge in [-0.2, -0.15) is 0 Å². The lowest BCUT2D eigenvalue weighted by Crippen LogP contribution is -2.39. The zero-order valence-corrected chi connectivity index (χ0v) is 17.6. The molecule has 0 aliphatic heterocycles. The van der Waals surface area contributed by atoms with E-state index < -0.39 is 11.6 Å². The average molecular weight is 491 g/mol. The maximum Gasteiger partial charge on any atom is 0.191 e. The summed E-state index contributed by atoms with van der Waals surface area (Å²) in [5.74, 6) is 0.0561. The minimum atomic E-state index is -0.721. The van der Waals surface area contributed by atoms with E-state index in [-0.39, 0.29) is 36.3 Å². The molecule has 0 radical (unpaired) electrons. The number of aliphatic imine (C=N–C) groups is 1. The number of rotatable bonds is 8. The van der Waals surface area contributed by atoms with Crippen LogP contribution in [0.3, 0.4) is 0 Å². The van der Waals surface area contributed by atoms with Crippen LogP contribution in [0.15, 0.2) is 47.5 Å². The summed E-state index contributed by atoms with van der Waals surface area (Å²) in [6.07, 6.45) is 0. The van der Waals surface area contributed by atoms with Crippen molar-refractivity contribution in [1.29, 1.82) is 0 Å². The van der Waals surface area contributed by atoms with Crippen LogP contribution in [0.1, 0.15) is 12.5 Å². The highest BCUT2D eigenvalue weighted by Gasteiger charge is 2.05. The number of hydrogen-bond donors (Lipinski definition) is 2. The Morgan fingerprint density at radius 2 is 1.85 bits per heavy atom. The maximum atomic E-state index is 13.5. The van der Waals surface area contributed by atoms with Crippen LogP contribution in [0, 0.1) is 11.6 Å². The third-order valence-electron chi connectivity index (χ3n) is 3.49. The summed E-state index contributed by atoms with van der Waals surface area (Å²) >= 11 is 0. The molecule has 0 heterocycles. The van der Waals surface area contributed by atoms with Gasteiger partial charge in [0.25, 0.3) is 0 Å². The molecule has 0 saturated heterocycles. The molecule has 2 aromatic rings. The molecule has 0 aliphatic carbocycles. The number of benzene rings is 2. The number of nitrogens with one attached hydrogen (secondary N) is 2. The van der Waals surface area contributed by atoms with Crippen LogP contribution in [0.5, 0.6) is 11.5 Å². The topological polar surface area (TPSA) is 54.9 Å². The molecule has 0 atom stereocenters. The van der Waals surface area contributed by atoms with Gasteiger partial charge in [-0.15, -0.1) is 24.0 Å². The van der Waals surface area contributed by atoms with Gasteiger partial charge in [-0.1, -0.05) is 18.2 Å². The van der Waals surface area contributed by atoms with Gasteiger partial charge in [-0.3, -0.25) is 0 Å². The van der Waals surface area contributed by atoms with E-state index in [0.717, 1.165) is 23.4 Å². The third-order valence-corrected chi connectivity index (χ3v) is 3.49. The molecular formula is C19H24F2IN3O2. The Morgan fingerprint density at radius 3 is 2.56 bits per heavy atom. The molecule has 0 aromatic heterocycles. The van der Waals surface area contributed by atoms with Crippen molar-refractivity contribution in [2.75, 3.05) is 26.8 Å². The van der Waals surface area contributed by atoms with Gasteiger partial charge in [0.05, 0.1) is 20.2 Å². The van der Waals surface area contributed by atoms with Gasteiger partial charge in [0.15, 0.2) is 17.5 Å². The van der Waals surface area contributed by atoms with E-state index in [2.05, 4.69) is 15.6 Å². The molecule has 0 bridgehead atoms. The Kier molecular flexibility index (Phi) is 10.5. The number of halogens is 3. The van der Waals surface area contributed by atoms with E-state index in [9.17, 15) is 8.78 Å². The minimum absolute atomic E-state index is 0. The Labute approximate surface area is 175 Å². The van der Waals surface area contributed by atoms with Crippen molar-refractivity contribution in [2.24, 2.45) is 4.99 Å². The number of para-hydroxylation sites is 1. The lowest BCUT2D eigenvalue weighted by Gasteiger charge is -2.13. The maximum absolute atomic E-state index is 13.5. The first-order valence-corrected chi connectivity index (χ1v) is 8.36. The molecule has 2 aromatic carbocycles. The molecule has 0 aliphatic rings. The largest absolute Gasteiger partial charge is 0.496 e. The van der Waals surface area contributed by atoms with Crippen LogP contribution >= 0.6 is 24.0 Å². The van der Waals surface area contributed by atoms with E-state index in [4.69, 9.17) is 9.47 Å². The van der Waals surface area contributed by atoms with Gasteiger partial charge >= 0.3 is 0 Å². The first kappa shape index (κ1) is 22.9. The Balaban J connectivity index is 0.00000364. The van der Waals surface area contributed by atoms with E-state index in [1.807, 2.05) is 31.2 Å². The SMILES string of the molecule is CCNC(=NCc1ccccc1OC)NCCOc1ccc(F)cc1F.I. The van der Waals surface area contributed by atoms with Crippen molar-refractivity contribution >= 4 is 29.9 Å². The van der Waals surface area contributed by atoms with Gasteiger partial charge in [-0.05, 0) is 25.1 Å². The summed E-state index contributed by atoms with van der Waals surface area (Å²) < 4.78 is 37.0. The second-order valence-corrected chi connectivity index (χ2v) is 5.36. The molecule has 0 unspecified atom stereocenters. The fourth-order valence-corrected chi connectivity index (χ4v) is 2.26. The van der Waals surface area contributed by atoms with Crippen molar-refractivity contribution in [3.63, 3.8) is 0 Å². The first-order valence-electron chi connectivity index (χ1n) is 8.36. The van der Waals surface area contributed by atoms with Gasteiger partial charge in [0.2, 0.25) is 0 Å². The molecule has 27 heavy (non-hydrogen) atoms. The molecule has 0 fully saturated rings. The lowest BCUT2D eigenvalue weighted by atomic mass is 10.2. The minimum Gasteiger partial charge on any atom is -0.496 e. The van der Waals surface area contributed by atoms with Crippen LogP contribution in [-0.2, 0) is 6.54 Å². The molecule has 2 N–H and O–H groups in total. The smallest absolute Gasteiger partial charge is 0.191 e. The van der Waals surface area contributed by atoms with E-state index in [0.29, 0.717) is 25.6 Å². The summed E-state index contributed by atoms with van der Waals surface area (Å²) in [6.45, 7) is 3.74. The first-order chi connectivity index (χ1) is 12.6. The molecule has 2 rings (SSSR count). The van der Waals surface area contributed by atoms with Crippen LogP contribution < -0.4 is 20.1 Å². The van der Waals surface area contributed by atoms with Gasteiger partial charge < -0.3 is 20.1 Å². The van der Waals surface area contributed by atoms with Crippen molar-refractivity contribution in [3.05, 3.63) is 59.7 Å². The second kappa shape index (κ2) is 12.3. The summed E-state index contributed by atoms with van der Waals surface area (Å²) in [6, 6.07) is 10.9. The second-order valence-electron chi connectivity index (χ2n) is 5.36. The molecule has 148 valence electrons. The summed E-state index contributed by atoms with van der Waals surface area (Å²) in [5, 5.41) is 6.23. The van der Waals surface area contributed by atoms with Crippen LogP contribution in [0.4, 0.5) is 8.78 Å². The van der Waals surface area contributed by atoms with E-state index in [1.54, 1.807) is 7.11 Å². The quantitative estimate of drug-likeness (QED) is 0.256. The molecule has 0 amide bonds.